The number of rotatable bonds is 7. The smallest absolute Gasteiger partial charge is 0.412 e. The predicted molar refractivity (Wildman–Crippen MR) is 122 cm³/mol. The van der Waals surface area contributed by atoms with E-state index in [0.29, 0.717) is 30.9 Å². The average molecular weight is 450 g/mol. The van der Waals surface area contributed by atoms with E-state index >= 15 is 0 Å². The fourth-order valence-electron chi connectivity index (χ4n) is 3.63. The van der Waals surface area contributed by atoms with E-state index in [-0.39, 0.29) is 19.1 Å². The molecule has 9 nitrogen and oxygen atoms in total. The number of ether oxygens (including phenoxy) is 2. The van der Waals surface area contributed by atoms with Crippen LogP contribution in [0.15, 0.2) is 54.9 Å². The van der Waals surface area contributed by atoms with Gasteiger partial charge in [0.05, 0.1) is 18.0 Å². The molecular formula is C24H26N4O5. The van der Waals surface area contributed by atoms with Gasteiger partial charge in [0.1, 0.15) is 12.4 Å². The lowest BCUT2D eigenvalue weighted by Crippen LogP contribution is -2.33. The highest BCUT2D eigenvalue weighted by Crippen LogP contribution is 2.31. The quantitative estimate of drug-likeness (QED) is 0.509. The molecule has 1 aliphatic rings. The van der Waals surface area contributed by atoms with Crippen LogP contribution in [0.25, 0.3) is 11.1 Å². The molecule has 1 saturated heterocycles. The summed E-state index contributed by atoms with van der Waals surface area (Å²) in [5, 5.41) is 19.1. The van der Waals surface area contributed by atoms with Crippen LogP contribution in [0.3, 0.4) is 0 Å². The van der Waals surface area contributed by atoms with Crippen LogP contribution in [0.2, 0.25) is 0 Å². The Bertz CT molecular complexity index is 1120. The number of carbonyl (C=O) groups is 2. The molecule has 0 bridgehead atoms. The minimum absolute atomic E-state index is 0.132. The Labute approximate surface area is 191 Å². The van der Waals surface area contributed by atoms with Crippen LogP contribution < -0.4 is 10.1 Å². The van der Waals surface area contributed by atoms with Crippen LogP contribution in [0.1, 0.15) is 17.5 Å². The normalized spacial score (nSPS) is 15.3. The Hall–Kier alpha value is -3.85. The number of β-amino-alcohol motifs (C(OH)–C–C–N with tert-alkyl or cyclic N) is 1. The zero-order valence-corrected chi connectivity index (χ0v) is 18.3. The highest BCUT2D eigenvalue weighted by atomic mass is 16.5. The number of aromatic amines is 1. The van der Waals surface area contributed by atoms with Gasteiger partial charge in [0.2, 0.25) is 0 Å². The summed E-state index contributed by atoms with van der Waals surface area (Å²) in [7, 11) is 0. The van der Waals surface area contributed by atoms with Crippen molar-refractivity contribution in [2.24, 2.45) is 0 Å². The average Bonchev–Trinajstić information content (AvgIpc) is 3.49. The van der Waals surface area contributed by atoms with E-state index in [1.54, 1.807) is 29.4 Å². The summed E-state index contributed by atoms with van der Waals surface area (Å²) in [4.78, 5) is 26.4. The minimum atomic E-state index is -0.633. The zero-order valence-electron chi connectivity index (χ0n) is 18.3. The van der Waals surface area contributed by atoms with Crippen molar-refractivity contribution < 1.29 is 24.2 Å². The number of aliphatic hydroxyl groups excluding tert-OH is 1. The first kappa shape index (κ1) is 22.3. The lowest BCUT2D eigenvalue weighted by Gasteiger charge is -2.18. The molecular weight excluding hydrogens is 424 g/mol. The van der Waals surface area contributed by atoms with E-state index < -0.39 is 12.2 Å². The molecule has 0 radical (unpaired) electrons. The van der Waals surface area contributed by atoms with E-state index in [9.17, 15) is 14.7 Å². The zero-order chi connectivity index (χ0) is 23.2. The molecule has 1 fully saturated rings. The first-order valence-electron chi connectivity index (χ1n) is 10.7. The topological polar surface area (TPSA) is 117 Å². The van der Waals surface area contributed by atoms with E-state index in [2.05, 4.69) is 15.5 Å². The first-order valence-corrected chi connectivity index (χ1v) is 10.7. The van der Waals surface area contributed by atoms with Gasteiger partial charge in [0.25, 0.3) is 5.91 Å². The number of carbonyl (C=O) groups excluding carboxylic acids is 2. The molecule has 2 amide bonds. The number of amides is 2. The maximum Gasteiger partial charge on any atom is 0.412 e. The highest BCUT2D eigenvalue weighted by Gasteiger charge is 2.25. The van der Waals surface area contributed by atoms with E-state index in [1.807, 2.05) is 37.3 Å². The van der Waals surface area contributed by atoms with Crippen molar-refractivity contribution in [1.29, 1.82) is 0 Å². The SMILES string of the molecule is Cc1cccc(COC(=O)Nc2ccc(-c3cn[nH]c3)cc2OCC(=O)N2CCC(O)C2)c1. The lowest BCUT2D eigenvalue weighted by atomic mass is 10.1. The summed E-state index contributed by atoms with van der Waals surface area (Å²) < 4.78 is 11.1. The summed E-state index contributed by atoms with van der Waals surface area (Å²) >= 11 is 0. The van der Waals surface area contributed by atoms with E-state index in [1.165, 1.54) is 0 Å². The number of H-pyrrole nitrogens is 1. The Kier molecular flexibility index (Phi) is 6.89. The van der Waals surface area contributed by atoms with Crippen molar-refractivity contribution in [1.82, 2.24) is 15.1 Å². The number of nitrogens with one attached hydrogen (secondary N) is 2. The van der Waals surface area contributed by atoms with Crippen LogP contribution in [-0.2, 0) is 16.1 Å². The first-order chi connectivity index (χ1) is 16.0. The van der Waals surface area contributed by atoms with Crippen molar-refractivity contribution in [2.75, 3.05) is 25.0 Å². The van der Waals surface area contributed by atoms with Gasteiger partial charge in [-0.15, -0.1) is 0 Å². The second-order valence-corrected chi connectivity index (χ2v) is 7.96. The number of hydrogen-bond donors (Lipinski definition) is 3. The molecule has 1 atom stereocenters. The van der Waals surface area contributed by atoms with Crippen molar-refractivity contribution >= 4 is 17.7 Å². The molecule has 0 spiro atoms. The molecule has 4 rings (SSSR count). The number of aliphatic hydroxyl groups is 1. The van der Waals surface area contributed by atoms with Gasteiger partial charge in [-0.25, -0.2) is 4.79 Å². The summed E-state index contributed by atoms with van der Waals surface area (Å²) in [6.07, 6.45) is 2.82. The molecule has 1 unspecified atom stereocenters. The fraction of sp³-hybridized carbons (Fsp3) is 0.292. The van der Waals surface area contributed by atoms with Gasteiger partial charge in [-0.05, 0) is 36.6 Å². The van der Waals surface area contributed by atoms with Gasteiger partial charge in [-0.1, -0.05) is 35.9 Å². The second kappa shape index (κ2) is 10.2. The number of aromatic nitrogens is 2. The molecule has 2 aromatic carbocycles. The van der Waals surface area contributed by atoms with Crippen molar-refractivity contribution in [3.8, 4) is 16.9 Å². The molecule has 3 N–H and O–H groups in total. The van der Waals surface area contributed by atoms with Gasteiger partial charge < -0.3 is 19.5 Å². The van der Waals surface area contributed by atoms with Gasteiger partial charge in [-0.3, -0.25) is 15.2 Å². The summed E-state index contributed by atoms with van der Waals surface area (Å²) in [5.41, 5.74) is 3.99. The number of anilines is 1. The highest BCUT2D eigenvalue weighted by molar-refractivity contribution is 5.88. The Balaban J connectivity index is 1.45. The Morgan fingerprint density at radius 2 is 2.12 bits per heavy atom. The largest absolute Gasteiger partial charge is 0.482 e. The van der Waals surface area contributed by atoms with Crippen LogP contribution >= 0.6 is 0 Å². The Morgan fingerprint density at radius 1 is 1.24 bits per heavy atom. The lowest BCUT2D eigenvalue weighted by molar-refractivity contribution is -0.132. The molecule has 1 aliphatic heterocycles. The van der Waals surface area contributed by atoms with Crippen molar-refractivity contribution in [3.63, 3.8) is 0 Å². The number of aryl methyl sites for hydroxylation is 1. The van der Waals surface area contributed by atoms with Gasteiger partial charge in [0, 0.05) is 24.8 Å². The van der Waals surface area contributed by atoms with Crippen LogP contribution in [0.5, 0.6) is 5.75 Å². The monoisotopic (exact) mass is 450 g/mol. The third kappa shape index (κ3) is 5.89. The molecule has 0 aliphatic carbocycles. The predicted octanol–water partition coefficient (Wildman–Crippen LogP) is 3.11. The van der Waals surface area contributed by atoms with Crippen LogP contribution in [0.4, 0.5) is 10.5 Å². The molecule has 9 heteroatoms. The van der Waals surface area contributed by atoms with Gasteiger partial charge in [-0.2, -0.15) is 5.10 Å². The fourth-order valence-corrected chi connectivity index (χ4v) is 3.63. The van der Waals surface area contributed by atoms with Crippen LogP contribution in [0, 0.1) is 6.92 Å². The third-order valence-electron chi connectivity index (χ3n) is 5.37. The number of likely N-dealkylation sites (tertiary alicyclic amines) is 1. The van der Waals surface area contributed by atoms with Crippen LogP contribution in [-0.4, -0.2) is 58.0 Å². The van der Waals surface area contributed by atoms with E-state index in [0.717, 1.165) is 22.3 Å². The molecule has 3 aromatic rings. The molecule has 0 saturated carbocycles. The maximum atomic E-state index is 12.5. The van der Waals surface area contributed by atoms with Gasteiger partial charge in [0.15, 0.2) is 6.61 Å². The number of benzene rings is 2. The summed E-state index contributed by atoms with van der Waals surface area (Å²) in [6.45, 7) is 2.68. The standard InChI is InChI=1S/C24H26N4O5/c1-16-3-2-4-17(9-16)14-33-24(31)27-21-6-5-18(19-11-25-26-12-19)10-22(21)32-15-23(30)28-8-7-20(29)13-28/h2-6,9-12,20,29H,7-8,13-15H2,1H3,(H,25,26)(H,27,31). The van der Waals surface area contributed by atoms with Crippen molar-refractivity contribution in [2.45, 2.75) is 26.1 Å². The molecule has 33 heavy (non-hydrogen) atoms. The molecule has 2 heterocycles. The third-order valence-corrected chi connectivity index (χ3v) is 5.37. The second-order valence-electron chi connectivity index (χ2n) is 7.96. The Morgan fingerprint density at radius 3 is 2.85 bits per heavy atom. The number of nitrogens with zero attached hydrogens (tertiary/aromatic N) is 2. The summed E-state index contributed by atoms with van der Waals surface area (Å²) in [6, 6.07) is 12.9. The van der Waals surface area contributed by atoms with Gasteiger partial charge >= 0.3 is 6.09 Å². The van der Waals surface area contributed by atoms with E-state index in [4.69, 9.17) is 9.47 Å². The number of hydrogen-bond acceptors (Lipinski definition) is 6. The minimum Gasteiger partial charge on any atom is -0.482 e. The maximum absolute atomic E-state index is 12.5. The molecule has 1 aromatic heterocycles. The summed E-state index contributed by atoms with van der Waals surface area (Å²) in [5.74, 6) is 0.0996. The molecule has 172 valence electrons. The van der Waals surface area contributed by atoms with Crippen molar-refractivity contribution in [3.05, 3.63) is 66.0 Å².